The van der Waals surface area contributed by atoms with Gasteiger partial charge in [-0.25, -0.2) is 0 Å². The van der Waals surface area contributed by atoms with E-state index in [1.165, 1.54) is 0 Å². The van der Waals surface area contributed by atoms with E-state index in [4.69, 9.17) is 9.47 Å². The molecule has 1 aliphatic heterocycles. The zero-order valence-electron chi connectivity index (χ0n) is 14.9. The van der Waals surface area contributed by atoms with Crippen LogP contribution in [0.4, 0.5) is 5.69 Å². The number of hydrogen-bond donors (Lipinski definition) is 1. The Bertz CT molecular complexity index is 838. The maximum Gasteiger partial charge on any atom is 0.259 e. The summed E-state index contributed by atoms with van der Waals surface area (Å²) in [4.78, 5) is 18.7. The molecule has 1 aromatic heterocycles. The van der Waals surface area contributed by atoms with Crippen LogP contribution in [0.15, 0.2) is 36.7 Å². The third kappa shape index (κ3) is 2.80. The Hall–Kier alpha value is -2.60. The number of benzene rings is 1. The Labute approximate surface area is 152 Å². The van der Waals surface area contributed by atoms with Gasteiger partial charge in [0.25, 0.3) is 5.91 Å². The molecule has 4 rings (SSSR count). The predicted molar refractivity (Wildman–Crippen MR) is 96.7 cm³/mol. The molecule has 3 unspecified atom stereocenters. The second-order valence-electron chi connectivity index (χ2n) is 6.86. The van der Waals surface area contributed by atoms with E-state index >= 15 is 0 Å². The summed E-state index contributed by atoms with van der Waals surface area (Å²) in [6.45, 7) is 1.99. The number of aliphatic hydroxyl groups is 1. The van der Waals surface area contributed by atoms with Crippen LogP contribution in [-0.2, 0) is 0 Å². The molecule has 26 heavy (non-hydrogen) atoms. The number of rotatable bonds is 4. The fraction of sp³-hybridized carbons (Fsp3) is 0.400. The van der Waals surface area contributed by atoms with Crippen LogP contribution in [0.3, 0.4) is 0 Å². The number of carbonyl (C=O) groups excluding carboxylic acids is 1. The van der Waals surface area contributed by atoms with Gasteiger partial charge in [-0.3, -0.25) is 9.78 Å². The third-order valence-electron chi connectivity index (χ3n) is 5.21. The lowest BCUT2D eigenvalue weighted by atomic mass is 10.1. The highest BCUT2D eigenvalue weighted by atomic mass is 16.5. The van der Waals surface area contributed by atoms with Crippen LogP contribution in [0.2, 0.25) is 0 Å². The van der Waals surface area contributed by atoms with Gasteiger partial charge >= 0.3 is 0 Å². The lowest BCUT2D eigenvalue weighted by molar-refractivity contribution is 0.0992. The molecule has 1 N–H and O–H groups in total. The number of pyridine rings is 1. The lowest BCUT2D eigenvalue weighted by Crippen LogP contribution is -2.26. The number of nitrogens with zero attached hydrogens (tertiary/aromatic N) is 2. The number of carbonyl (C=O) groups is 1. The first-order chi connectivity index (χ1) is 12.6. The molecule has 6 nitrogen and oxygen atoms in total. The fourth-order valence-electron chi connectivity index (χ4n) is 3.83. The third-order valence-corrected chi connectivity index (χ3v) is 5.21. The summed E-state index contributed by atoms with van der Waals surface area (Å²) < 4.78 is 11.5. The minimum absolute atomic E-state index is 0.0395. The molecule has 0 spiro atoms. The molecule has 0 saturated heterocycles. The fourth-order valence-corrected chi connectivity index (χ4v) is 3.83. The molecule has 6 heteroatoms. The molecule has 2 aromatic rings. The Balaban J connectivity index is 1.65. The molecule has 1 aliphatic carbocycles. The van der Waals surface area contributed by atoms with Gasteiger partial charge in [-0.15, -0.1) is 0 Å². The summed E-state index contributed by atoms with van der Waals surface area (Å²) in [5.41, 5.74) is 2.37. The van der Waals surface area contributed by atoms with Gasteiger partial charge in [0.15, 0.2) is 11.5 Å². The molecule has 0 radical (unpaired) electrons. The average Bonchev–Trinajstić information content (AvgIpc) is 3.17. The smallest absolute Gasteiger partial charge is 0.259 e. The summed E-state index contributed by atoms with van der Waals surface area (Å²) >= 11 is 0. The van der Waals surface area contributed by atoms with Gasteiger partial charge in [-0.1, -0.05) is 0 Å². The molecule has 1 saturated carbocycles. The summed E-state index contributed by atoms with van der Waals surface area (Å²) in [6, 6.07) is 7.19. The van der Waals surface area contributed by atoms with E-state index in [-0.39, 0.29) is 24.2 Å². The highest BCUT2D eigenvalue weighted by Crippen LogP contribution is 2.41. The minimum atomic E-state index is -0.309. The lowest BCUT2D eigenvalue weighted by Gasteiger charge is -2.24. The second kappa shape index (κ2) is 6.61. The number of anilines is 1. The van der Waals surface area contributed by atoms with Crippen molar-refractivity contribution in [2.24, 2.45) is 0 Å². The van der Waals surface area contributed by atoms with E-state index in [1.807, 2.05) is 25.1 Å². The van der Waals surface area contributed by atoms with Crippen molar-refractivity contribution in [1.29, 1.82) is 0 Å². The molecule has 1 amide bonds. The Morgan fingerprint density at radius 2 is 2.08 bits per heavy atom. The van der Waals surface area contributed by atoms with Gasteiger partial charge < -0.3 is 19.5 Å². The quantitative estimate of drug-likeness (QED) is 0.913. The number of fused-ring (bicyclic) bond motifs is 1. The van der Waals surface area contributed by atoms with Crippen molar-refractivity contribution in [3.63, 3.8) is 0 Å². The number of methoxy groups -OCH3 is 1. The molecule has 1 aromatic carbocycles. The number of aliphatic hydroxyl groups excluding tert-OH is 1. The first kappa shape index (κ1) is 16.8. The van der Waals surface area contributed by atoms with Crippen LogP contribution in [-0.4, -0.2) is 35.3 Å². The van der Waals surface area contributed by atoms with E-state index < -0.39 is 0 Å². The van der Waals surface area contributed by atoms with Gasteiger partial charge in [0, 0.05) is 41.7 Å². The van der Waals surface area contributed by atoms with Gasteiger partial charge in [-0.05, 0) is 38.0 Å². The van der Waals surface area contributed by atoms with Crippen LogP contribution in [0, 0.1) is 0 Å². The van der Waals surface area contributed by atoms with Crippen molar-refractivity contribution in [2.75, 3.05) is 12.0 Å². The maximum atomic E-state index is 12.9. The normalized spacial score (nSPS) is 24.7. The molecule has 3 atom stereocenters. The Morgan fingerprint density at radius 3 is 2.77 bits per heavy atom. The zero-order chi connectivity index (χ0) is 18.3. The summed E-state index contributed by atoms with van der Waals surface area (Å²) in [5, 5.41) is 9.73. The summed E-state index contributed by atoms with van der Waals surface area (Å²) in [5.74, 6) is 1.18. The van der Waals surface area contributed by atoms with Crippen molar-refractivity contribution in [3.05, 3.63) is 47.8 Å². The highest BCUT2D eigenvalue weighted by Gasteiger charge is 2.35. The topological polar surface area (TPSA) is 71.9 Å². The van der Waals surface area contributed by atoms with Gasteiger partial charge in [0.2, 0.25) is 0 Å². The van der Waals surface area contributed by atoms with Crippen molar-refractivity contribution in [2.45, 2.75) is 44.4 Å². The molecular weight excluding hydrogens is 332 g/mol. The van der Waals surface area contributed by atoms with Crippen LogP contribution >= 0.6 is 0 Å². The van der Waals surface area contributed by atoms with E-state index in [1.54, 1.807) is 30.5 Å². The minimum Gasteiger partial charge on any atom is -0.493 e. The van der Waals surface area contributed by atoms with E-state index in [0.717, 1.165) is 24.1 Å². The van der Waals surface area contributed by atoms with E-state index in [2.05, 4.69) is 4.98 Å². The summed E-state index contributed by atoms with van der Waals surface area (Å²) in [6.07, 6.45) is 5.21. The molecular formula is C20H22N2O4. The van der Waals surface area contributed by atoms with Crippen molar-refractivity contribution in [3.8, 4) is 11.5 Å². The SMILES string of the molecule is COc1ccc(N2C(=O)c3ccncc3C2C)cc1OC1CCC(O)C1. The van der Waals surface area contributed by atoms with Gasteiger partial charge in [-0.2, -0.15) is 0 Å². The highest BCUT2D eigenvalue weighted by molar-refractivity contribution is 6.11. The van der Waals surface area contributed by atoms with Crippen molar-refractivity contribution >= 4 is 11.6 Å². The van der Waals surface area contributed by atoms with Crippen LogP contribution in [0.5, 0.6) is 11.5 Å². The number of hydrogen-bond acceptors (Lipinski definition) is 5. The first-order valence-corrected chi connectivity index (χ1v) is 8.88. The average molecular weight is 354 g/mol. The monoisotopic (exact) mass is 354 g/mol. The first-order valence-electron chi connectivity index (χ1n) is 8.88. The Kier molecular flexibility index (Phi) is 4.28. The molecule has 2 aliphatic rings. The predicted octanol–water partition coefficient (Wildman–Crippen LogP) is 3.10. The molecule has 136 valence electrons. The molecule has 1 fully saturated rings. The van der Waals surface area contributed by atoms with E-state index in [0.29, 0.717) is 23.5 Å². The number of aromatic nitrogens is 1. The molecule has 2 heterocycles. The van der Waals surface area contributed by atoms with Gasteiger partial charge in [0.1, 0.15) is 6.10 Å². The van der Waals surface area contributed by atoms with Gasteiger partial charge in [0.05, 0.1) is 19.3 Å². The van der Waals surface area contributed by atoms with Crippen molar-refractivity contribution in [1.82, 2.24) is 4.98 Å². The Morgan fingerprint density at radius 1 is 1.23 bits per heavy atom. The standard InChI is InChI=1S/C20H22N2O4/c1-12-17-11-21-8-7-16(17)20(24)22(12)13-3-6-18(25-2)19(9-13)26-15-5-4-14(23)10-15/h3,6-9,11-12,14-15,23H,4-5,10H2,1-2H3. The maximum absolute atomic E-state index is 12.9. The number of amides is 1. The van der Waals surface area contributed by atoms with Crippen molar-refractivity contribution < 1.29 is 19.4 Å². The molecule has 0 bridgehead atoms. The summed E-state index contributed by atoms with van der Waals surface area (Å²) in [7, 11) is 1.59. The van der Waals surface area contributed by atoms with E-state index in [9.17, 15) is 9.90 Å². The zero-order valence-corrected chi connectivity index (χ0v) is 14.9. The second-order valence-corrected chi connectivity index (χ2v) is 6.86. The van der Waals surface area contributed by atoms with Crippen LogP contribution < -0.4 is 14.4 Å². The number of ether oxygens (including phenoxy) is 2. The van der Waals surface area contributed by atoms with Crippen LogP contribution in [0.1, 0.15) is 48.1 Å². The largest absolute Gasteiger partial charge is 0.493 e. The van der Waals surface area contributed by atoms with Crippen LogP contribution in [0.25, 0.3) is 0 Å².